The van der Waals surface area contributed by atoms with Crippen LogP contribution in [0, 0.1) is 12.7 Å². The van der Waals surface area contributed by atoms with E-state index in [1.165, 1.54) is 0 Å². The van der Waals surface area contributed by atoms with Gasteiger partial charge in [-0.25, -0.2) is 4.39 Å². The summed E-state index contributed by atoms with van der Waals surface area (Å²) in [6, 6.07) is 5.28. The van der Waals surface area contributed by atoms with Gasteiger partial charge >= 0.3 is 0 Å². The molecule has 0 fully saturated rings. The van der Waals surface area contributed by atoms with Crippen molar-refractivity contribution in [3.63, 3.8) is 0 Å². The van der Waals surface area contributed by atoms with Crippen LogP contribution in [0.25, 0.3) is 5.57 Å². The van der Waals surface area contributed by atoms with Crippen molar-refractivity contribution in [1.82, 2.24) is 5.32 Å². The van der Waals surface area contributed by atoms with E-state index in [9.17, 15) is 4.39 Å². The van der Waals surface area contributed by atoms with Crippen molar-refractivity contribution >= 4 is 5.57 Å². The fourth-order valence-corrected chi connectivity index (χ4v) is 1.75. The van der Waals surface area contributed by atoms with Crippen LogP contribution in [0.2, 0.25) is 0 Å². The molecule has 0 aromatic heterocycles. The zero-order valence-corrected chi connectivity index (χ0v) is 8.31. The first-order valence-corrected chi connectivity index (χ1v) is 4.93. The summed E-state index contributed by atoms with van der Waals surface area (Å²) in [5.41, 5.74) is 3.01. The van der Waals surface area contributed by atoms with Crippen LogP contribution in [0.15, 0.2) is 24.3 Å². The standard InChI is InChI=1S/C12H14FN/c1-9-2-3-12(13)11(8-9)10-4-6-14-7-5-10/h2-4,8,14H,5-7H2,1H3. The summed E-state index contributed by atoms with van der Waals surface area (Å²) < 4.78 is 13.5. The summed E-state index contributed by atoms with van der Waals surface area (Å²) >= 11 is 0. The highest BCUT2D eigenvalue weighted by atomic mass is 19.1. The van der Waals surface area contributed by atoms with E-state index in [4.69, 9.17) is 0 Å². The SMILES string of the molecule is Cc1ccc(F)c(C2=CCNCC2)c1. The van der Waals surface area contributed by atoms with Gasteiger partial charge < -0.3 is 5.32 Å². The van der Waals surface area contributed by atoms with E-state index >= 15 is 0 Å². The molecule has 1 aromatic carbocycles. The molecule has 0 spiro atoms. The van der Waals surface area contributed by atoms with E-state index in [0.29, 0.717) is 0 Å². The molecule has 0 bridgehead atoms. The van der Waals surface area contributed by atoms with Crippen molar-refractivity contribution < 1.29 is 4.39 Å². The number of benzene rings is 1. The molecule has 1 aliphatic heterocycles. The minimum Gasteiger partial charge on any atom is -0.313 e. The maximum Gasteiger partial charge on any atom is 0.130 e. The number of halogens is 1. The van der Waals surface area contributed by atoms with Gasteiger partial charge in [0.25, 0.3) is 0 Å². The van der Waals surface area contributed by atoms with E-state index in [1.54, 1.807) is 12.1 Å². The van der Waals surface area contributed by atoms with Crippen LogP contribution in [-0.4, -0.2) is 13.1 Å². The third kappa shape index (κ3) is 1.85. The number of aryl methyl sites for hydroxylation is 1. The fraction of sp³-hybridized carbons (Fsp3) is 0.333. The van der Waals surface area contributed by atoms with Crippen molar-refractivity contribution in [3.8, 4) is 0 Å². The highest BCUT2D eigenvalue weighted by Gasteiger charge is 2.09. The molecule has 74 valence electrons. The van der Waals surface area contributed by atoms with Gasteiger partial charge in [-0.05, 0) is 37.6 Å². The van der Waals surface area contributed by atoms with Crippen LogP contribution < -0.4 is 5.32 Å². The summed E-state index contributed by atoms with van der Waals surface area (Å²) in [7, 11) is 0. The zero-order valence-electron chi connectivity index (χ0n) is 8.31. The van der Waals surface area contributed by atoms with Gasteiger partial charge in [-0.1, -0.05) is 17.7 Å². The Kier molecular flexibility index (Phi) is 2.64. The average Bonchev–Trinajstić information content (AvgIpc) is 2.23. The predicted molar refractivity (Wildman–Crippen MR) is 56.6 cm³/mol. The monoisotopic (exact) mass is 191 g/mol. The van der Waals surface area contributed by atoms with Crippen LogP contribution >= 0.6 is 0 Å². The second-order valence-electron chi connectivity index (χ2n) is 3.67. The number of hydrogen-bond acceptors (Lipinski definition) is 1. The Morgan fingerprint density at radius 2 is 2.21 bits per heavy atom. The Balaban J connectivity index is 2.39. The van der Waals surface area contributed by atoms with Crippen molar-refractivity contribution in [2.24, 2.45) is 0 Å². The first-order valence-electron chi connectivity index (χ1n) is 4.93. The molecule has 1 aromatic rings. The summed E-state index contributed by atoms with van der Waals surface area (Å²) in [5, 5.41) is 3.22. The lowest BCUT2D eigenvalue weighted by molar-refractivity contribution is 0.620. The van der Waals surface area contributed by atoms with Gasteiger partial charge in [0.2, 0.25) is 0 Å². The molecule has 0 unspecified atom stereocenters. The quantitative estimate of drug-likeness (QED) is 0.719. The lowest BCUT2D eigenvalue weighted by atomic mass is 9.98. The third-order valence-corrected chi connectivity index (χ3v) is 2.53. The Hall–Kier alpha value is -1.15. The molecule has 1 heterocycles. The number of nitrogens with one attached hydrogen (secondary N) is 1. The van der Waals surface area contributed by atoms with Gasteiger partial charge in [0.1, 0.15) is 5.82 Å². The largest absolute Gasteiger partial charge is 0.313 e. The smallest absolute Gasteiger partial charge is 0.130 e. The molecule has 2 heteroatoms. The summed E-state index contributed by atoms with van der Waals surface area (Å²) in [5.74, 6) is -0.108. The molecule has 0 aliphatic carbocycles. The van der Waals surface area contributed by atoms with Crippen LogP contribution in [0.1, 0.15) is 17.5 Å². The maximum atomic E-state index is 13.5. The molecule has 0 saturated carbocycles. The molecule has 2 rings (SSSR count). The van der Waals surface area contributed by atoms with E-state index in [0.717, 1.165) is 36.2 Å². The molecule has 1 N–H and O–H groups in total. The Morgan fingerprint density at radius 3 is 2.93 bits per heavy atom. The maximum absolute atomic E-state index is 13.5. The van der Waals surface area contributed by atoms with Gasteiger partial charge in [0.15, 0.2) is 0 Å². The zero-order chi connectivity index (χ0) is 9.97. The second kappa shape index (κ2) is 3.93. The summed E-state index contributed by atoms with van der Waals surface area (Å²) in [4.78, 5) is 0. The van der Waals surface area contributed by atoms with Crippen molar-refractivity contribution in [1.29, 1.82) is 0 Å². The minimum absolute atomic E-state index is 0.108. The van der Waals surface area contributed by atoms with Crippen molar-refractivity contribution in [2.45, 2.75) is 13.3 Å². The molecule has 1 aliphatic rings. The molecule has 14 heavy (non-hydrogen) atoms. The van der Waals surface area contributed by atoms with E-state index in [-0.39, 0.29) is 5.82 Å². The van der Waals surface area contributed by atoms with Gasteiger partial charge in [0.05, 0.1) is 0 Å². The van der Waals surface area contributed by atoms with E-state index in [2.05, 4.69) is 11.4 Å². The topological polar surface area (TPSA) is 12.0 Å². The highest BCUT2D eigenvalue weighted by Crippen LogP contribution is 2.23. The summed E-state index contributed by atoms with van der Waals surface area (Å²) in [6.45, 7) is 3.78. The fourth-order valence-electron chi connectivity index (χ4n) is 1.75. The van der Waals surface area contributed by atoms with Gasteiger partial charge in [0, 0.05) is 12.1 Å². The van der Waals surface area contributed by atoms with Gasteiger partial charge in [-0.3, -0.25) is 0 Å². The normalized spacial score (nSPS) is 16.6. The predicted octanol–water partition coefficient (Wildman–Crippen LogP) is 2.51. The molecular formula is C12H14FN. The Bertz CT molecular complexity index is 369. The highest BCUT2D eigenvalue weighted by molar-refractivity contribution is 5.67. The molecule has 0 radical (unpaired) electrons. The van der Waals surface area contributed by atoms with Crippen LogP contribution in [0.3, 0.4) is 0 Å². The first-order chi connectivity index (χ1) is 6.77. The Labute approximate surface area is 83.6 Å². The van der Waals surface area contributed by atoms with Crippen molar-refractivity contribution in [3.05, 3.63) is 41.2 Å². The molecule has 0 saturated heterocycles. The van der Waals surface area contributed by atoms with Gasteiger partial charge in [-0.2, -0.15) is 0 Å². The van der Waals surface area contributed by atoms with E-state index < -0.39 is 0 Å². The number of rotatable bonds is 1. The van der Waals surface area contributed by atoms with Crippen molar-refractivity contribution in [2.75, 3.05) is 13.1 Å². The molecule has 0 atom stereocenters. The molecular weight excluding hydrogens is 177 g/mol. The lowest BCUT2D eigenvalue weighted by Crippen LogP contribution is -2.20. The van der Waals surface area contributed by atoms with E-state index in [1.807, 2.05) is 13.0 Å². The average molecular weight is 191 g/mol. The van der Waals surface area contributed by atoms with Crippen LogP contribution in [0.5, 0.6) is 0 Å². The lowest BCUT2D eigenvalue weighted by Gasteiger charge is -2.15. The minimum atomic E-state index is -0.108. The summed E-state index contributed by atoms with van der Waals surface area (Å²) in [6.07, 6.45) is 2.99. The third-order valence-electron chi connectivity index (χ3n) is 2.53. The van der Waals surface area contributed by atoms with Gasteiger partial charge in [-0.15, -0.1) is 0 Å². The van der Waals surface area contributed by atoms with Crippen LogP contribution in [-0.2, 0) is 0 Å². The van der Waals surface area contributed by atoms with Crippen LogP contribution in [0.4, 0.5) is 4.39 Å². The molecule has 1 nitrogen and oxygen atoms in total. The number of hydrogen-bond donors (Lipinski definition) is 1. The first kappa shape index (κ1) is 9.41. The molecule has 0 amide bonds. The Morgan fingerprint density at radius 1 is 1.36 bits per heavy atom. The second-order valence-corrected chi connectivity index (χ2v) is 3.67.